The van der Waals surface area contributed by atoms with Crippen LogP contribution in [0.2, 0.25) is 0 Å². The van der Waals surface area contributed by atoms with Crippen molar-refractivity contribution in [3.63, 3.8) is 0 Å². The van der Waals surface area contributed by atoms with Crippen LogP contribution >= 0.6 is 11.3 Å². The van der Waals surface area contributed by atoms with Crippen molar-refractivity contribution in [1.29, 1.82) is 0 Å². The number of carbonyl (C=O) groups excluding carboxylic acids is 2. The molecule has 1 aromatic carbocycles. The molecule has 2 heterocycles. The fourth-order valence-electron chi connectivity index (χ4n) is 2.96. The zero-order chi connectivity index (χ0) is 21.8. The predicted octanol–water partition coefficient (Wildman–Crippen LogP) is 3.83. The molecule has 30 heavy (non-hydrogen) atoms. The fraction of sp³-hybridized carbons (Fsp3) is 0.333. The van der Waals surface area contributed by atoms with Gasteiger partial charge in [-0.1, -0.05) is 22.9 Å². The van der Waals surface area contributed by atoms with Crippen LogP contribution in [0.25, 0.3) is 5.69 Å². The summed E-state index contributed by atoms with van der Waals surface area (Å²) in [5, 5.41) is 11.5. The zero-order valence-corrected chi connectivity index (χ0v) is 18.4. The SMILES string of the molecule is CCOC(=O)c1c(NC(=O)c2nnn(-c3ccc(C)cc3)c2COC)sc(C)c1C. The maximum atomic E-state index is 13.0. The molecule has 8 nitrogen and oxygen atoms in total. The molecule has 3 aromatic rings. The maximum absolute atomic E-state index is 13.0. The molecule has 9 heteroatoms. The Morgan fingerprint density at radius 1 is 1.17 bits per heavy atom. The molecule has 0 atom stereocenters. The third-order valence-corrected chi connectivity index (χ3v) is 5.75. The van der Waals surface area contributed by atoms with Crippen LogP contribution in [0.4, 0.5) is 5.00 Å². The number of nitrogens with one attached hydrogen (secondary N) is 1. The number of aromatic nitrogens is 3. The Hall–Kier alpha value is -3.04. The van der Waals surface area contributed by atoms with Gasteiger partial charge in [0.2, 0.25) is 0 Å². The summed E-state index contributed by atoms with van der Waals surface area (Å²) in [5.41, 5.74) is 3.69. The van der Waals surface area contributed by atoms with Gasteiger partial charge in [0.05, 0.1) is 24.5 Å². The number of benzene rings is 1. The van der Waals surface area contributed by atoms with Crippen molar-refractivity contribution in [1.82, 2.24) is 15.0 Å². The molecule has 0 fully saturated rings. The topological polar surface area (TPSA) is 95.3 Å². The first-order valence-corrected chi connectivity index (χ1v) is 10.3. The van der Waals surface area contributed by atoms with Crippen molar-refractivity contribution in [2.24, 2.45) is 0 Å². The number of carbonyl (C=O) groups is 2. The highest BCUT2D eigenvalue weighted by Gasteiger charge is 2.26. The molecule has 3 rings (SSSR count). The number of aryl methyl sites for hydroxylation is 2. The van der Waals surface area contributed by atoms with Gasteiger partial charge in [0, 0.05) is 12.0 Å². The van der Waals surface area contributed by atoms with Crippen LogP contribution in [0.5, 0.6) is 0 Å². The highest BCUT2D eigenvalue weighted by atomic mass is 32.1. The zero-order valence-electron chi connectivity index (χ0n) is 17.6. The Labute approximate surface area is 178 Å². The smallest absolute Gasteiger partial charge is 0.341 e. The Morgan fingerprint density at radius 3 is 2.50 bits per heavy atom. The summed E-state index contributed by atoms with van der Waals surface area (Å²) < 4.78 is 12.0. The lowest BCUT2D eigenvalue weighted by Crippen LogP contribution is -2.17. The molecule has 158 valence electrons. The molecule has 2 aromatic heterocycles. The number of methoxy groups -OCH3 is 1. The average molecular weight is 429 g/mol. The van der Waals surface area contributed by atoms with E-state index in [1.54, 1.807) is 18.7 Å². The largest absolute Gasteiger partial charge is 0.462 e. The molecule has 0 saturated heterocycles. The summed E-state index contributed by atoms with van der Waals surface area (Å²) >= 11 is 1.32. The minimum absolute atomic E-state index is 0.135. The lowest BCUT2D eigenvalue weighted by atomic mass is 10.1. The molecule has 0 saturated carbocycles. The van der Waals surface area contributed by atoms with E-state index in [0.29, 0.717) is 16.3 Å². The average Bonchev–Trinajstić information content (AvgIpc) is 3.24. The second kappa shape index (κ2) is 9.19. The van der Waals surface area contributed by atoms with Crippen LogP contribution in [0.3, 0.4) is 0 Å². The maximum Gasteiger partial charge on any atom is 0.341 e. The van der Waals surface area contributed by atoms with E-state index in [2.05, 4.69) is 15.6 Å². The normalized spacial score (nSPS) is 10.8. The standard InChI is InChI=1S/C21H24N4O4S/c1-6-29-21(27)17-13(3)14(4)30-20(17)22-19(26)18-16(11-28-5)25(24-23-18)15-9-7-12(2)8-10-15/h7-10H,6,11H2,1-5H3,(H,22,26). The first kappa shape index (κ1) is 21.7. The van der Waals surface area contributed by atoms with E-state index in [1.165, 1.54) is 11.3 Å². The molecule has 1 N–H and O–H groups in total. The molecule has 0 unspecified atom stereocenters. The number of anilines is 1. The van der Waals surface area contributed by atoms with Gasteiger partial charge in [-0.25, -0.2) is 9.48 Å². The van der Waals surface area contributed by atoms with Crippen LogP contribution in [0, 0.1) is 20.8 Å². The molecule has 1 amide bonds. The van der Waals surface area contributed by atoms with Crippen molar-refractivity contribution in [3.05, 3.63) is 57.2 Å². The molecule has 0 bridgehead atoms. The van der Waals surface area contributed by atoms with Gasteiger partial charge in [-0.3, -0.25) is 4.79 Å². The van der Waals surface area contributed by atoms with Crippen molar-refractivity contribution < 1.29 is 19.1 Å². The second-order valence-corrected chi connectivity index (χ2v) is 7.95. The number of ether oxygens (including phenoxy) is 2. The summed E-state index contributed by atoms with van der Waals surface area (Å²) in [4.78, 5) is 26.3. The van der Waals surface area contributed by atoms with Crippen LogP contribution in [-0.2, 0) is 16.1 Å². The van der Waals surface area contributed by atoms with Gasteiger partial charge in [0.1, 0.15) is 10.7 Å². The number of hydrogen-bond acceptors (Lipinski definition) is 7. The molecule has 0 aliphatic carbocycles. The Balaban J connectivity index is 1.96. The fourth-order valence-corrected chi connectivity index (χ4v) is 4.01. The van der Waals surface area contributed by atoms with Crippen LogP contribution in [-0.4, -0.2) is 40.6 Å². The Bertz CT molecular complexity index is 1070. The van der Waals surface area contributed by atoms with Gasteiger partial charge < -0.3 is 14.8 Å². The van der Waals surface area contributed by atoms with Gasteiger partial charge in [0.15, 0.2) is 5.69 Å². The van der Waals surface area contributed by atoms with Crippen molar-refractivity contribution in [2.45, 2.75) is 34.3 Å². The lowest BCUT2D eigenvalue weighted by molar-refractivity contribution is 0.0527. The van der Waals surface area contributed by atoms with E-state index in [0.717, 1.165) is 21.7 Å². The van der Waals surface area contributed by atoms with Crippen LogP contribution in [0.15, 0.2) is 24.3 Å². The number of rotatable bonds is 7. The summed E-state index contributed by atoms with van der Waals surface area (Å²) in [6, 6.07) is 7.71. The first-order chi connectivity index (χ1) is 14.4. The van der Waals surface area contributed by atoms with E-state index in [-0.39, 0.29) is 18.9 Å². The molecular formula is C21H24N4O4S. The first-order valence-electron chi connectivity index (χ1n) is 9.46. The monoisotopic (exact) mass is 428 g/mol. The van der Waals surface area contributed by atoms with E-state index >= 15 is 0 Å². The van der Waals surface area contributed by atoms with Gasteiger partial charge in [-0.05, 0) is 45.4 Å². The molecule has 0 spiro atoms. The quantitative estimate of drug-likeness (QED) is 0.575. The number of esters is 1. The highest BCUT2D eigenvalue weighted by Crippen LogP contribution is 2.33. The summed E-state index contributed by atoms with van der Waals surface area (Å²) in [6.07, 6.45) is 0. The van der Waals surface area contributed by atoms with Crippen molar-refractivity contribution in [2.75, 3.05) is 19.0 Å². The third kappa shape index (κ3) is 4.27. The summed E-state index contributed by atoms with van der Waals surface area (Å²) in [6.45, 7) is 7.86. The van der Waals surface area contributed by atoms with E-state index < -0.39 is 11.9 Å². The van der Waals surface area contributed by atoms with Gasteiger partial charge in [-0.2, -0.15) is 0 Å². The van der Waals surface area contributed by atoms with Gasteiger partial charge in [0.25, 0.3) is 5.91 Å². The Kier molecular flexibility index (Phi) is 6.63. The van der Waals surface area contributed by atoms with E-state index in [9.17, 15) is 9.59 Å². The number of amides is 1. The minimum atomic E-state index is -0.466. The van der Waals surface area contributed by atoms with Gasteiger partial charge in [-0.15, -0.1) is 16.4 Å². The predicted molar refractivity (Wildman–Crippen MR) is 115 cm³/mol. The molecular weight excluding hydrogens is 404 g/mol. The van der Waals surface area contributed by atoms with Crippen LogP contribution < -0.4 is 5.32 Å². The number of nitrogens with zero attached hydrogens (tertiary/aromatic N) is 3. The molecule has 0 radical (unpaired) electrons. The Morgan fingerprint density at radius 2 is 1.87 bits per heavy atom. The molecule has 0 aliphatic rings. The molecule has 0 aliphatic heterocycles. The summed E-state index contributed by atoms with van der Waals surface area (Å²) in [7, 11) is 1.54. The van der Waals surface area contributed by atoms with E-state index in [4.69, 9.17) is 9.47 Å². The minimum Gasteiger partial charge on any atom is -0.462 e. The van der Waals surface area contributed by atoms with Crippen LogP contribution in [0.1, 0.15) is 49.5 Å². The summed E-state index contributed by atoms with van der Waals surface area (Å²) in [5.74, 6) is -0.928. The van der Waals surface area contributed by atoms with Crippen molar-refractivity contribution in [3.8, 4) is 5.69 Å². The number of thiophene rings is 1. The lowest BCUT2D eigenvalue weighted by Gasteiger charge is -2.09. The highest BCUT2D eigenvalue weighted by molar-refractivity contribution is 7.16. The van der Waals surface area contributed by atoms with E-state index in [1.807, 2.05) is 45.0 Å². The van der Waals surface area contributed by atoms with Crippen molar-refractivity contribution >= 4 is 28.2 Å². The number of hydrogen-bond donors (Lipinski definition) is 1. The second-order valence-electron chi connectivity index (χ2n) is 6.73. The van der Waals surface area contributed by atoms with Gasteiger partial charge >= 0.3 is 5.97 Å². The third-order valence-electron chi connectivity index (χ3n) is 4.63.